The highest BCUT2D eigenvalue weighted by atomic mass is 16.5. The maximum atomic E-state index is 13.0. The summed E-state index contributed by atoms with van der Waals surface area (Å²) in [5.41, 5.74) is 3.26. The van der Waals surface area contributed by atoms with Gasteiger partial charge in [0.25, 0.3) is 0 Å². The Morgan fingerprint density at radius 2 is 2.00 bits per heavy atom. The van der Waals surface area contributed by atoms with Crippen LogP contribution in [-0.2, 0) is 27.3 Å². The van der Waals surface area contributed by atoms with Crippen LogP contribution in [0.25, 0.3) is 0 Å². The van der Waals surface area contributed by atoms with Gasteiger partial charge in [0.05, 0.1) is 13.7 Å². The van der Waals surface area contributed by atoms with Gasteiger partial charge < -0.3 is 14.4 Å². The number of fused-ring (bicyclic) bond motifs is 1. The minimum atomic E-state index is -1.04. The molecule has 2 heterocycles. The number of nitrogens with zero attached hydrogens (tertiary/aromatic N) is 2. The lowest BCUT2D eigenvalue weighted by Gasteiger charge is -2.36. The summed E-state index contributed by atoms with van der Waals surface area (Å²) in [4.78, 5) is 32.5. The van der Waals surface area contributed by atoms with Gasteiger partial charge in [-0.3, -0.25) is 14.9 Å². The van der Waals surface area contributed by atoms with Crippen LogP contribution in [0, 0.1) is 5.92 Å². The van der Waals surface area contributed by atoms with E-state index in [1.807, 2.05) is 36.4 Å². The summed E-state index contributed by atoms with van der Waals surface area (Å²) in [5, 5.41) is 2.84. The number of nitrogens with one attached hydrogen (secondary N) is 1. The van der Waals surface area contributed by atoms with Crippen molar-refractivity contribution in [3.63, 3.8) is 0 Å². The second-order valence-corrected chi connectivity index (χ2v) is 7.33. The number of carbonyl (C=O) groups is 2. The van der Waals surface area contributed by atoms with E-state index in [4.69, 9.17) is 14.5 Å². The van der Waals surface area contributed by atoms with Crippen LogP contribution in [0.2, 0.25) is 0 Å². The number of esters is 1. The molecule has 0 saturated carbocycles. The molecule has 2 aromatic carbocycles. The normalized spacial score (nSPS) is 20.7. The van der Waals surface area contributed by atoms with Crippen molar-refractivity contribution < 1.29 is 19.1 Å². The molecule has 0 aliphatic carbocycles. The molecule has 7 heteroatoms. The second kappa shape index (κ2) is 8.57. The molecule has 0 unspecified atom stereocenters. The first-order chi connectivity index (χ1) is 14.6. The number of benzene rings is 2. The van der Waals surface area contributed by atoms with Crippen LogP contribution in [0.3, 0.4) is 0 Å². The van der Waals surface area contributed by atoms with Crippen molar-refractivity contribution in [3.8, 4) is 5.75 Å². The Morgan fingerprint density at radius 3 is 2.77 bits per heavy atom. The molecule has 2 aromatic rings. The van der Waals surface area contributed by atoms with E-state index < -0.39 is 23.8 Å². The molecule has 0 aromatic heterocycles. The van der Waals surface area contributed by atoms with Crippen molar-refractivity contribution in [2.45, 2.75) is 25.9 Å². The van der Waals surface area contributed by atoms with E-state index in [-0.39, 0.29) is 6.61 Å². The van der Waals surface area contributed by atoms with Gasteiger partial charge in [0, 0.05) is 13.1 Å². The summed E-state index contributed by atoms with van der Waals surface area (Å²) in [6.07, 6.45) is 0.871. The third-order valence-electron chi connectivity index (χ3n) is 5.50. The van der Waals surface area contributed by atoms with Gasteiger partial charge in [-0.2, -0.15) is 0 Å². The fraction of sp³-hybridized carbons (Fsp3) is 0.348. The molecule has 1 N–H and O–H groups in total. The molecular weight excluding hydrogens is 382 g/mol. The van der Waals surface area contributed by atoms with Gasteiger partial charge >= 0.3 is 5.97 Å². The van der Waals surface area contributed by atoms with Crippen LogP contribution < -0.4 is 10.1 Å². The first kappa shape index (κ1) is 19.9. The quantitative estimate of drug-likeness (QED) is 0.622. The Labute approximate surface area is 175 Å². The summed E-state index contributed by atoms with van der Waals surface area (Å²) in [5.74, 6) is -0.884. The molecule has 0 radical (unpaired) electrons. The van der Waals surface area contributed by atoms with Gasteiger partial charge in [0.2, 0.25) is 11.9 Å². The van der Waals surface area contributed by atoms with Crippen LogP contribution in [-0.4, -0.2) is 43.0 Å². The summed E-state index contributed by atoms with van der Waals surface area (Å²) in [6, 6.07) is 14.9. The summed E-state index contributed by atoms with van der Waals surface area (Å²) in [6.45, 7) is 3.32. The second-order valence-electron chi connectivity index (χ2n) is 7.33. The van der Waals surface area contributed by atoms with Crippen molar-refractivity contribution in [3.05, 3.63) is 65.2 Å². The Morgan fingerprint density at radius 1 is 1.20 bits per heavy atom. The van der Waals surface area contributed by atoms with E-state index >= 15 is 0 Å². The number of amides is 1. The standard InChI is InChI=1S/C23H25N3O4/c1-3-30-22(28)19-20(16-9-6-10-18(13-16)29-2)24-23(25-21(19)27)26-12-11-15-7-4-5-8-17(15)14-26/h4-10,13,19-20H,3,11-12,14H2,1-2H3,(H,24,25,27)/t19-,20-/m0/s1. The zero-order valence-corrected chi connectivity index (χ0v) is 17.1. The predicted octanol–water partition coefficient (Wildman–Crippen LogP) is 2.46. The monoisotopic (exact) mass is 407 g/mol. The van der Waals surface area contributed by atoms with Crippen LogP contribution in [0.1, 0.15) is 29.7 Å². The highest BCUT2D eigenvalue weighted by Gasteiger charge is 2.42. The van der Waals surface area contributed by atoms with Crippen molar-refractivity contribution in [1.82, 2.24) is 10.2 Å². The minimum absolute atomic E-state index is 0.201. The van der Waals surface area contributed by atoms with Crippen LogP contribution in [0.4, 0.5) is 0 Å². The summed E-state index contributed by atoms with van der Waals surface area (Å²) in [7, 11) is 1.58. The molecule has 2 aliphatic heterocycles. The number of guanidine groups is 1. The lowest BCUT2D eigenvalue weighted by Crippen LogP contribution is -2.53. The summed E-state index contributed by atoms with van der Waals surface area (Å²) >= 11 is 0. The average molecular weight is 407 g/mol. The largest absolute Gasteiger partial charge is 0.497 e. The Balaban J connectivity index is 1.70. The highest BCUT2D eigenvalue weighted by molar-refractivity contribution is 6.08. The number of hydrogen-bond acceptors (Lipinski definition) is 6. The third kappa shape index (κ3) is 3.87. The molecule has 2 atom stereocenters. The highest BCUT2D eigenvalue weighted by Crippen LogP contribution is 2.33. The number of hydrogen-bond donors (Lipinski definition) is 1. The van der Waals surface area contributed by atoms with Crippen LogP contribution >= 0.6 is 0 Å². The lowest BCUT2D eigenvalue weighted by molar-refractivity contribution is -0.153. The van der Waals surface area contributed by atoms with Crippen molar-refractivity contribution in [2.75, 3.05) is 20.3 Å². The third-order valence-corrected chi connectivity index (χ3v) is 5.50. The number of aliphatic imine (C=N–C) groups is 1. The number of ether oxygens (including phenoxy) is 2. The smallest absolute Gasteiger partial charge is 0.321 e. The molecule has 156 valence electrons. The van der Waals surface area contributed by atoms with Crippen LogP contribution in [0.15, 0.2) is 53.5 Å². The number of rotatable bonds is 4. The molecule has 4 rings (SSSR count). The van der Waals surface area contributed by atoms with E-state index in [1.165, 1.54) is 11.1 Å². The molecule has 7 nitrogen and oxygen atoms in total. The maximum Gasteiger partial charge on any atom is 0.321 e. The lowest BCUT2D eigenvalue weighted by atomic mass is 9.91. The SMILES string of the molecule is CCOC(=O)[C@@H]1C(=O)NC(N2CCc3ccccc3C2)=N[C@H]1c1cccc(OC)c1. The Hall–Kier alpha value is -3.35. The van der Waals surface area contributed by atoms with Gasteiger partial charge in [0.1, 0.15) is 11.8 Å². The molecule has 30 heavy (non-hydrogen) atoms. The summed E-state index contributed by atoms with van der Waals surface area (Å²) < 4.78 is 10.5. The van der Waals surface area contributed by atoms with Gasteiger partial charge in [-0.1, -0.05) is 36.4 Å². The zero-order valence-electron chi connectivity index (χ0n) is 17.1. The van der Waals surface area contributed by atoms with E-state index in [0.29, 0.717) is 18.3 Å². The minimum Gasteiger partial charge on any atom is -0.497 e. The van der Waals surface area contributed by atoms with Gasteiger partial charge in [-0.05, 0) is 42.2 Å². The first-order valence-electron chi connectivity index (χ1n) is 10.1. The van der Waals surface area contributed by atoms with Crippen LogP contribution in [0.5, 0.6) is 5.75 Å². The molecule has 2 aliphatic rings. The fourth-order valence-electron chi connectivity index (χ4n) is 3.97. The van der Waals surface area contributed by atoms with Crippen molar-refractivity contribution >= 4 is 17.8 Å². The molecule has 0 fully saturated rings. The fourth-order valence-corrected chi connectivity index (χ4v) is 3.97. The van der Waals surface area contributed by atoms with Gasteiger partial charge in [-0.15, -0.1) is 0 Å². The molecular formula is C23H25N3O4. The van der Waals surface area contributed by atoms with E-state index in [9.17, 15) is 9.59 Å². The van der Waals surface area contributed by atoms with Gasteiger partial charge in [-0.25, -0.2) is 4.99 Å². The zero-order chi connectivity index (χ0) is 21.1. The average Bonchev–Trinajstić information content (AvgIpc) is 2.78. The molecule has 1 amide bonds. The number of carbonyl (C=O) groups excluding carboxylic acids is 2. The molecule has 0 spiro atoms. The predicted molar refractivity (Wildman–Crippen MR) is 112 cm³/mol. The number of methoxy groups -OCH3 is 1. The van der Waals surface area contributed by atoms with E-state index in [1.54, 1.807) is 14.0 Å². The topological polar surface area (TPSA) is 80.2 Å². The molecule has 0 bridgehead atoms. The van der Waals surface area contributed by atoms with Crippen molar-refractivity contribution in [1.29, 1.82) is 0 Å². The maximum absolute atomic E-state index is 13.0. The Kier molecular flexibility index (Phi) is 5.70. The Bertz CT molecular complexity index is 988. The van der Waals surface area contributed by atoms with E-state index in [0.717, 1.165) is 18.5 Å². The first-order valence-corrected chi connectivity index (χ1v) is 10.1. The molecule has 0 saturated heterocycles. The van der Waals surface area contributed by atoms with E-state index in [2.05, 4.69) is 22.3 Å². The van der Waals surface area contributed by atoms with Gasteiger partial charge in [0.15, 0.2) is 5.92 Å². The van der Waals surface area contributed by atoms with Crippen molar-refractivity contribution in [2.24, 2.45) is 10.9 Å².